The number of benzene rings is 2. The lowest BCUT2D eigenvalue weighted by atomic mass is 10.1. The molecule has 0 radical (unpaired) electrons. The normalized spacial score (nSPS) is 13.2. The lowest BCUT2D eigenvalue weighted by Gasteiger charge is -2.12. The lowest BCUT2D eigenvalue weighted by Crippen LogP contribution is -2.13. The van der Waals surface area contributed by atoms with Crippen LogP contribution >= 0.6 is 0 Å². The Balaban J connectivity index is 1.15. The lowest BCUT2D eigenvalue weighted by molar-refractivity contribution is 0.102. The Hall–Kier alpha value is -4.46. The van der Waals surface area contributed by atoms with Crippen LogP contribution in [0.3, 0.4) is 0 Å². The number of imidazole rings is 1. The summed E-state index contributed by atoms with van der Waals surface area (Å²) in [5, 5.41) is 11.8. The molecule has 0 atom stereocenters. The third kappa shape index (κ3) is 4.70. The van der Waals surface area contributed by atoms with Gasteiger partial charge in [-0.25, -0.2) is 4.98 Å². The molecular weight excluding hydrogens is 464 g/mol. The summed E-state index contributed by atoms with van der Waals surface area (Å²) in [6.07, 6.45) is 8.40. The zero-order chi connectivity index (χ0) is 25.2. The van der Waals surface area contributed by atoms with Gasteiger partial charge in [0.05, 0.1) is 11.3 Å². The van der Waals surface area contributed by atoms with Crippen LogP contribution in [0.25, 0.3) is 17.0 Å². The van der Waals surface area contributed by atoms with Gasteiger partial charge in [0.25, 0.3) is 5.91 Å². The van der Waals surface area contributed by atoms with Gasteiger partial charge < -0.3 is 19.0 Å². The van der Waals surface area contributed by atoms with Gasteiger partial charge in [-0.05, 0) is 67.8 Å². The van der Waals surface area contributed by atoms with E-state index in [1.165, 1.54) is 6.42 Å². The molecule has 8 heteroatoms. The van der Waals surface area contributed by atoms with Gasteiger partial charge in [-0.15, -0.1) is 10.2 Å². The van der Waals surface area contributed by atoms with Crippen molar-refractivity contribution in [3.63, 3.8) is 0 Å². The SMILES string of the molecule is Cc1cccn2cc(COc3ccccc3C(=O)Nc3ccc(-c4nnc5n4CCCCC5)cc3)nc12. The van der Waals surface area contributed by atoms with Crippen LogP contribution in [0.1, 0.15) is 46.7 Å². The predicted octanol–water partition coefficient (Wildman–Crippen LogP) is 5.46. The van der Waals surface area contributed by atoms with Crippen LogP contribution in [0, 0.1) is 6.92 Å². The first kappa shape index (κ1) is 23.0. The number of fused-ring (bicyclic) bond motifs is 2. The number of amides is 1. The minimum Gasteiger partial charge on any atom is -0.486 e. The Kier molecular flexibility index (Phi) is 6.14. The average Bonchev–Trinajstić information content (AvgIpc) is 3.45. The van der Waals surface area contributed by atoms with Gasteiger partial charge in [0, 0.05) is 36.6 Å². The van der Waals surface area contributed by atoms with Gasteiger partial charge in [-0.2, -0.15) is 0 Å². The van der Waals surface area contributed by atoms with Crippen molar-refractivity contribution in [2.24, 2.45) is 0 Å². The standard InChI is InChI=1S/C29H28N6O2/c1-20-8-7-16-34-18-23(30-27(20)34)19-37-25-10-5-4-9-24(25)29(36)31-22-14-12-21(13-15-22)28-33-32-26-11-3-2-6-17-35(26)28/h4-5,7-10,12-16,18H,2-3,6,11,17,19H2,1H3,(H,31,36). The predicted molar refractivity (Wildman–Crippen MR) is 142 cm³/mol. The van der Waals surface area contributed by atoms with Crippen molar-refractivity contribution in [1.29, 1.82) is 0 Å². The summed E-state index contributed by atoms with van der Waals surface area (Å²) in [4.78, 5) is 17.8. The maximum absolute atomic E-state index is 13.1. The Labute approximate surface area is 215 Å². The average molecular weight is 493 g/mol. The largest absolute Gasteiger partial charge is 0.486 e. The molecule has 186 valence electrons. The van der Waals surface area contributed by atoms with Gasteiger partial charge in [-0.1, -0.05) is 24.6 Å². The van der Waals surface area contributed by atoms with Crippen molar-refractivity contribution in [1.82, 2.24) is 24.1 Å². The van der Waals surface area contributed by atoms with Crippen LogP contribution in [0.5, 0.6) is 5.75 Å². The third-order valence-corrected chi connectivity index (χ3v) is 6.75. The highest BCUT2D eigenvalue weighted by molar-refractivity contribution is 6.06. The number of aromatic nitrogens is 5. The highest BCUT2D eigenvalue weighted by Gasteiger charge is 2.17. The molecule has 0 spiro atoms. The van der Waals surface area contributed by atoms with Crippen LogP contribution in [0.15, 0.2) is 73.1 Å². The second-order valence-corrected chi connectivity index (χ2v) is 9.37. The number of nitrogens with zero attached hydrogens (tertiary/aromatic N) is 5. The summed E-state index contributed by atoms with van der Waals surface area (Å²) in [5.41, 5.74) is 4.96. The van der Waals surface area contributed by atoms with E-state index in [0.29, 0.717) is 17.0 Å². The van der Waals surface area contributed by atoms with E-state index in [4.69, 9.17) is 4.74 Å². The number of ether oxygens (including phenoxy) is 1. The second-order valence-electron chi connectivity index (χ2n) is 9.37. The minimum atomic E-state index is -0.231. The number of pyridine rings is 1. The van der Waals surface area contributed by atoms with Crippen LogP contribution in [0.2, 0.25) is 0 Å². The summed E-state index contributed by atoms with van der Waals surface area (Å²) >= 11 is 0. The fourth-order valence-corrected chi connectivity index (χ4v) is 4.81. The molecule has 1 N–H and O–H groups in total. The molecule has 2 aromatic carbocycles. The number of anilines is 1. The first-order valence-electron chi connectivity index (χ1n) is 12.6. The molecule has 0 unspecified atom stereocenters. The quantitative estimate of drug-likeness (QED) is 0.340. The maximum Gasteiger partial charge on any atom is 0.259 e. The number of aryl methyl sites for hydroxylation is 2. The number of hydrogen-bond donors (Lipinski definition) is 1. The van der Waals surface area contributed by atoms with Crippen LogP contribution in [-0.4, -0.2) is 30.1 Å². The van der Waals surface area contributed by atoms with Crippen molar-refractivity contribution in [2.45, 2.75) is 45.8 Å². The number of nitrogens with one attached hydrogen (secondary N) is 1. The highest BCUT2D eigenvalue weighted by atomic mass is 16.5. The van der Waals surface area contributed by atoms with Crippen molar-refractivity contribution >= 4 is 17.2 Å². The number of para-hydroxylation sites is 1. The molecule has 0 bridgehead atoms. The van der Waals surface area contributed by atoms with E-state index < -0.39 is 0 Å². The van der Waals surface area contributed by atoms with Crippen molar-refractivity contribution in [3.8, 4) is 17.1 Å². The number of carbonyl (C=O) groups excluding carboxylic acids is 1. The van der Waals surface area contributed by atoms with E-state index in [1.54, 1.807) is 12.1 Å². The number of hydrogen-bond acceptors (Lipinski definition) is 5. The Morgan fingerprint density at radius 1 is 1.00 bits per heavy atom. The molecule has 37 heavy (non-hydrogen) atoms. The second kappa shape index (κ2) is 9.89. The maximum atomic E-state index is 13.1. The van der Waals surface area contributed by atoms with E-state index in [-0.39, 0.29) is 12.5 Å². The van der Waals surface area contributed by atoms with Crippen LogP contribution < -0.4 is 10.1 Å². The van der Waals surface area contributed by atoms with Gasteiger partial charge in [0.2, 0.25) is 0 Å². The molecule has 8 nitrogen and oxygen atoms in total. The Bertz CT molecular complexity index is 1570. The van der Waals surface area contributed by atoms with Crippen molar-refractivity contribution in [2.75, 3.05) is 5.32 Å². The number of carbonyl (C=O) groups is 1. The third-order valence-electron chi connectivity index (χ3n) is 6.75. The van der Waals surface area contributed by atoms with Crippen molar-refractivity contribution in [3.05, 3.63) is 95.7 Å². The molecule has 4 heterocycles. The molecule has 0 fully saturated rings. The van der Waals surface area contributed by atoms with Crippen molar-refractivity contribution < 1.29 is 9.53 Å². The minimum absolute atomic E-state index is 0.231. The first-order valence-corrected chi connectivity index (χ1v) is 12.6. The summed E-state index contributed by atoms with van der Waals surface area (Å²) in [6.45, 7) is 3.24. The Morgan fingerprint density at radius 3 is 2.73 bits per heavy atom. The van der Waals surface area contributed by atoms with Gasteiger partial charge in [-0.3, -0.25) is 4.79 Å². The molecule has 0 saturated heterocycles. The van der Waals surface area contributed by atoms with Crippen LogP contribution in [0.4, 0.5) is 5.69 Å². The smallest absolute Gasteiger partial charge is 0.259 e. The fourth-order valence-electron chi connectivity index (χ4n) is 4.81. The zero-order valence-corrected chi connectivity index (χ0v) is 20.7. The topological polar surface area (TPSA) is 86.3 Å². The van der Waals surface area contributed by atoms with E-state index in [2.05, 4.69) is 25.1 Å². The molecule has 6 rings (SSSR count). The molecule has 1 aliphatic rings. The molecule has 0 saturated carbocycles. The molecule has 3 aromatic heterocycles. The molecule has 1 aliphatic heterocycles. The monoisotopic (exact) mass is 492 g/mol. The van der Waals surface area contributed by atoms with Gasteiger partial charge >= 0.3 is 0 Å². The summed E-state index contributed by atoms with van der Waals surface area (Å²) in [6, 6.07) is 19.0. The summed E-state index contributed by atoms with van der Waals surface area (Å²) in [7, 11) is 0. The van der Waals surface area contributed by atoms with E-state index in [1.807, 2.05) is 72.2 Å². The fraction of sp³-hybridized carbons (Fsp3) is 0.241. The highest BCUT2D eigenvalue weighted by Crippen LogP contribution is 2.25. The molecule has 0 aliphatic carbocycles. The van der Waals surface area contributed by atoms with E-state index >= 15 is 0 Å². The zero-order valence-electron chi connectivity index (χ0n) is 20.7. The molecule has 1 amide bonds. The summed E-state index contributed by atoms with van der Waals surface area (Å²) in [5.74, 6) is 2.22. The van der Waals surface area contributed by atoms with E-state index in [9.17, 15) is 4.79 Å². The van der Waals surface area contributed by atoms with E-state index in [0.717, 1.165) is 59.9 Å². The van der Waals surface area contributed by atoms with Gasteiger partial charge in [0.15, 0.2) is 5.82 Å². The summed E-state index contributed by atoms with van der Waals surface area (Å²) < 4.78 is 10.2. The molecular formula is C29H28N6O2. The Morgan fingerprint density at radius 2 is 1.86 bits per heavy atom. The number of rotatable bonds is 6. The first-order chi connectivity index (χ1) is 18.2. The van der Waals surface area contributed by atoms with Gasteiger partial charge in [0.1, 0.15) is 23.8 Å². The molecule has 5 aromatic rings. The van der Waals surface area contributed by atoms with Crippen LogP contribution in [-0.2, 0) is 19.6 Å².